The number of fused-ring (bicyclic) bond motifs is 1. The van der Waals surface area contributed by atoms with E-state index < -0.39 is 5.91 Å². The van der Waals surface area contributed by atoms with Crippen molar-refractivity contribution in [2.45, 2.75) is 6.92 Å². The van der Waals surface area contributed by atoms with Gasteiger partial charge < -0.3 is 15.2 Å². The highest BCUT2D eigenvalue weighted by Gasteiger charge is 2.09. The third-order valence-electron chi connectivity index (χ3n) is 3.52. The van der Waals surface area contributed by atoms with Gasteiger partial charge in [-0.25, -0.2) is 4.98 Å². The number of nitrogens with two attached hydrogens (primary N) is 1. The number of carbonyl (C=O) groups excluding carboxylic acids is 1. The first kappa shape index (κ1) is 17.6. The zero-order chi connectivity index (χ0) is 18.7. The summed E-state index contributed by atoms with van der Waals surface area (Å²) in [5.74, 6) is 0.724. The molecule has 8 nitrogen and oxygen atoms in total. The lowest BCUT2D eigenvalue weighted by Crippen LogP contribution is -2.20. The van der Waals surface area contributed by atoms with Crippen molar-refractivity contribution in [1.82, 2.24) is 9.66 Å². The monoisotopic (exact) mass is 372 g/mol. The van der Waals surface area contributed by atoms with Gasteiger partial charge in [-0.15, -0.1) is 11.3 Å². The van der Waals surface area contributed by atoms with E-state index in [1.807, 2.05) is 5.38 Å². The fourth-order valence-corrected chi connectivity index (χ4v) is 3.10. The first-order valence-corrected chi connectivity index (χ1v) is 8.48. The maximum Gasteiger partial charge on any atom is 0.282 e. The van der Waals surface area contributed by atoms with Crippen LogP contribution in [0.2, 0.25) is 0 Å². The van der Waals surface area contributed by atoms with E-state index in [-0.39, 0.29) is 12.2 Å². The van der Waals surface area contributed by atoms with Gasteiger partial charge in [0.1, 0.15) is 10.7 Å². The standard InChI is InChI=1S/C17H16N4O4S/c1-10-20-16-12(5-6-26-16)17(23)21(10)19-8-11-3-4-13(14(7-11)24-2)25-9-15(18)22/h3-8H,9H2,1-2H3,(H2,18,22). The molecule has 2 heterocycles. The number of thiophene rings is 1. The van der Waals surface area contributed by atoms with Crippen molar-refractivity contribution in [3.05, 3.63) is 51.4 Å². The summed E-state index contributed by atoms with van der Waals surface area (Å²) in [6.07, 6.45) is 1.52. The number of carbonyl (C=O) groups is 1. The normalized spacial score (nSPS) is 11.2. The Morgan fingerprint density at radius 1 is 1.38 bits per heavy atom. The number of benzene rings is 1. The summed E-state index contributed by atoms with van der Waals surface area (Å²) in [6, 6.07) is 6.77. The average Bonchev–Trinajstić information content (AvgIpc) is 3.08. The summed E-state index contributed by atoms with van der Waals surface area (Å²) in [4.78, 5) is 28.4. The summed E-state index contributed by atoms with van der Waals surface area (Å²) < 4.78 is 11.8. The Bertz CT molecular complexity index is 1050. The summed E-state index contributed by atoms with van der Waals surface area (Å²) >= 11 is 1.41. The van der Waals surface area contributed by atoms with Crippen molar-refractivity contribution in [3.63, 3.8) is 0 Å². The van der Waals surface area contributed by atoms with Crippen molar-refractivity contribution >= 4 is 33.7 Å². The van der Waals surface area contributed by atoms with E-state index in [0.717, 1.165) is 0 Å². The first-order valence-electron chi connectivity index (χ1n) is 7.60. The molecule has 0 aliphatic carbocycles. The van der Waals surface area contributed by atoms with Crippen LogP contribution < -0.4 is 20.8 Å². The molecule has 26 heavy (non-hydrogen) atoms. The molecule has 3 aromatic rings. The Morgan fingerprint density at radius 3 is 2.92 bits per heavy atom. The quantitative estimate of drug-likeness (QED) is 0.660. The predicted octanol–water partition coefficient (Wildman–Crippen LogP) is 1.52. The summed E-state index contributed by atoms with van der Waals surface area (Å²) in [7, 11) is 1.48. The number of aryl methyl sites for hydroxylation is 1. The number of ether oxygens (including phenoxy) is 2. The average molecular weight is 372 g/mol. The zero-order valence-corrected chi connectivity index (χ0v) is 14.9. The van der Waals surface area contributed by atoms with Crippen molar-refractivity contribution in [2.75, 3.05) is 13.7 Å². The number of nitrogens with zero attached hydrogens (tertiary/aromatic N) is 3. The highest BCUT2D eigenvalue weighted by Crippen LogP contribution is 2.27. The third-order valence-corrected chi connectivity index (χ3v) is 4.32. The number of primary amides is 1. The van der Waals surface area contributed by atoms with Crippen molar-refractivity contribution < 1.29 is 14.3 Å². The highest BCUT2D eigenvalue weighted by atomic mass is 32.1. The number of hydrogen-bond donors (Lipinski definition) is 1. The minimum absolute atomic E-state index is 0.224. The van der Waals surface area contributed by atoms with Crippen molar-refractivity contribution in [2.24, 2.45) is 10.8 Å². The zero-order valence-electron chi connectivity index (χ0n) is 14.1. The molecule has 0 saturated carbocycles. The van der Waals surface area contributed by atoms with Gasteiger partial charge in [-0.1, -0.05) is 0 Å². The van der Waals surface area contributed by atoms with Gasteiger partial charge in [-0.2, -0.15) is 9.78 Å². The van der Waals surface area contributed by atoms with Gasteiger partial charge in [-0.3, -0.25) is 9.59 Å². The number of hydrogen-bond acceptors (Lipinski definition) is 7. The van der Waals surface area contributed by atoms with E-state index in [2.05, 4.69) is 10.1 Å². The number of aromatic nitrogens is 2. The van der Waals surface area contributed by atoms with Gasteiger partial charge in [0, 0.05) is 0 Å². The van der Waals surface area contributed by atoms with E-state index >= 15 is 0 Å². The Hall–Kier alpha value is -3.20. The van der Waals surface area contributed by atoms with Crippen LogP contribution in [0.4, 0.5) is 0 Å². The molecular formula is C17H16N4O4S. The van der Waals surface area contributed by atoms with Crippen LogP contribution in [-0.2, 0) is 4.79 Å². The molecular weight excluding hydrogens is 356 g/mol. The topological polar surface area (TPSA) is 109 Å². The second-order valence-corrected chi connectivity index (χ2v) is 6.22. The lowest BCUT2D eigenvalue weighted by atomic mass is 10.2. The molecule has 0 aliphatic heterocycles. The largest absolute Gasteiger partial charge is 0.493 e. The van der Waals surface area contributed by atoms with Gasteiger partial charge >= 0.3 is 0 Å². The Morgan fingerprint density at radius 2 is 2.19 bits per heavy atom. The van der Waals surface area contributed by atoms with Crippen LogP contribution >= 0.6 is 11.3 Å². The third kappa shape index (κ3) is 3.57. The lowest BCUT2D eigenvalue weighted by molar-refractivity contribution is -0.119. The van der Waals surface area contributed by atoms with Gasteiger partial charge in [0.05, 0.1) is 18.7 Å². The molecule has 134 valence electrons. The van der Waals surface area contributed by atoms with Gasteiger partial charge in [-0.05, 0) is 42.1 Å². The van der Waals surface area contributed by atoms with Crippen LogP contribution in [0.15, 0.2) is 39.5 Å². The highest BCUT2D eigenvalue weighted by molar-refractivity contribution is 7.16. The molecule has 0 spiro atoms. The van der Waals surface area contributed by atoms with E-state index in [1.165, 1.54) is 29.3 Å². The molecule has 0 unspecified atom stereocenters. The van der Waals surface area contributed by atoms with Crippen LogP contribution in [-0.4, -0.2) is 35.5 Å². The van der Waals surface area contributed by atoms with Crippen LogP contribution in [0.3, 0.4) is 0 Å². The second kappa shape index (κ2) is 7.36. The van der Waals surface area contributed by atoms with Crippen molar-refractivity contribution in [3.8, 4) is 11.5 Å². The fraction of sp³-hybridized carbons (Fsp3) is 0.176. The van der Waals surface area contributed by atoms with Crippen LogP contribution in [0.1, 0.15) is 11.4 Å². The molecule has 0 radical (unpaired) electrons. The Labute approximate surface area is 152 Å². The Balaban J connectivity index is 1.91. The molecule has 1 aromatic carbocycles. The van der Waals surface area contributed by atoms with Crippen LogP contribution in [0, 0.1) is 6.92 Å². The number of rotatable bonds is 6. The molecule has 0 bridgehead atoms. The lowest BCUT2D eigenvalue weighted by Gasteiger charge is -2.10. The molecule has 0 atom stereocenters. The minimum Gasteiger partial charge on any atom is -0.493 e. The maximum absolute atomic E-state index is 12.5. The molecule has 3 rings (SSSR count). The molecule has 0 aliphatic rings. The van der Waals surface area contributed by atoms with Crippen LogP contribution in [0.25, 0.3) is 10.2 Å². The Kier molecular flexibility index (Phi) is 4.99. The fourth-order valence-electron chi connectivity index (χ4n) is 2.30. The number of amides is 1. The second-order valence-electron chi connectivity index (χ2n) is 5.33. The first-order chi connectivity index (χ1) is 12.5. The molecule has 9 heteroatoms. The van der Waals surface area contributed by atoms with Gasteiger partial charge in [0.25, 0.3) is 11.5 Å². The molecule has 0 saturated heterocycles. The molecule has 1 amide bonds. The van der Waals surface area contributed by atoms with E-state index in [9.17, 15) is 9.59 Å². The summed E-state index contributed by atoms with van der Waals surface area (Å²) in [5, 5.41) is 6.59. The predicted molar refractivity (Wildman–Crippen MR) is 99.3 cm³/mol. The van der Waals surface area contributed by atoms with Crippen molar-refractivity contribution in [1.29, 1.82) is 0 Å². The van der Waals surface area contributed by atoms with Gasteiger partial charge in [0.15, 0.2) is 18.1 Å². The molecule has 2 aromatic heterocycles. The smallest absolute Gasteiger partial charge is 0.282 e. The van der Waals surface area contributed by atoms with Crippen LogP contribution in [0.5, 0.6) is 11.5 Å². The van der Waals surface area contributed by atoms with E-state index in [1.54, 1.807) is 31.2 Å². The number of methoxy groups -OCH3 is 1. The van der Waals surface area contributed by atoms with Gasteiger partial charge in [0.2, 0.25) is 0 Å². The summed E-state index contributed by atoms with van der Waals surface area (Å²) in [5.41, 5.74) is 5.53. The van der Waals surface area contributed by atoms with E-state index in [4.69, 9.17) is 15.2 Å². The van der Waals surface area contributed by atoms with E-state index in [0.29, 0.717) is 33.1 Å². The SMILES string of the molecule is COc1cc(C=Nn2c(C)nc3sccc3c2=O)ccc1OCC(N)=O. The summed E-state index contributed by atoms with van der Waals surface area (Å²) in [6.45, 7) is 1.48. The molecule has 2 N–H and O–H groups in total. The minimum atomic E-state index is -0.580. The maximum atomic E-state index is 12.5. The molecule has 0 fully saturated rings.